The van der Waals surface area contributed by atoms with Gasteiger partial charge in [0.1, 0.15) is 0 Å². The van der Waals surface area contributed by atoms with Gasteiger partial charge >= 0.3 is 0 Å². The van der Waals surface area contributed by atoms with Gasteiger partial charge in [0, 0.05) is 18.3 Å². The lowest BCUT2D eigenvalue weighted by molar-refractivity contribution is 0.370. The lowest BCUT2D eigenvalue weighted by atomic mass is 10.1. The number of rotatable bonds is 5. The molecule has 0 bridgehead atoms. The fourth-order valence-corrected chi connectivity index (χ4v) is 3.34. The molecule has 3 nitrogen and oxygen atoms in total. The van der Waals surface area contributed by atoms with Crippen LogP contribution in [-0.2, 0) is 6.42 Å². The Morgan fingerprint density at radius 1 is 1.37 bits per heavy atom. The molecule has 2 atom stereocenters. The Morgan fingerprint density at radius 3 is 2.79 bits per heavy atom. The number of aliphatic imine (C=N–C) groups is 1. The summed E-state index contributed by atoms with van der Waals surface area (Å²) in [4.78, 5) is 6.97. The van der Waals surface area contributed by atoms with Gasteiger partial charge in [0.25, 0.3) is 0 Å². The van der Waals surface area contributed by atoms with Crippen LogP contribution in [0.1, 0.15) is 12.5 Å². The number of nitrogens with one attached hydrogen (secondary N) is 1. The number of likely N-dealkylation sites (N-methyl/N-ethyl adjacent to an activating group) is 1. The van der Waals surface area contributed by atoms with Gasteiger partial charge in [0.2, 0.25) is 0 Å². The first-order valence-electron chi connectivity index (χ1n) is 6.79. The zero-order valence-electron chi connectivity index (χ0n) is 12.0. The number of thioether (sulfide) groups is 1. The van der Waals surface area contributed by atoms with Crippen LogP contribution in [0.4, 0.5) is 0 Å². The highest BCUT2D eigenvalue weighted by atomic mass is 32.2. The Hall–Kier alpha value is -1.00. The van der Waals surface area contributed by atoms with Gasteiger partial charge in [-0.2, -0.15) is 0 Å². The monoisotopic (exact) mass is 277 g/mol. The van der Waals surface area contributed by atoms with Crippen molar-refractivity contribution in [1.82, 2.24) is 10.2 Å². The Labute approximate surface area is 120 Å². The second-order valence-corrected chi connectivity index (χ2v) is 6.41. The molecule has 4 heteroatoms. The molecule has 2 unspecified atom stereocenters. The van der Waals surface area contributed by atoms with E-state index in [1.54, 1.807) is 0 Å². The van der Waals surface area contributed by atoms with E-state index >= 15 is 0 Å². The van der Waals surface area contributed by atoms with Crippen LogP contribution in [-0.4, -0.2) is 48.5 Å². The highest BCUT2D eigenvalue weighted by molar-refractivity contribution is 8.14. The first-order valence-corrected chi connectivity index (χ1v) is 7.78. The maximum Gasteiger partial charge on any atom is 0.157 e. The molecule has 0 amide bonds. The van der Waals surface area contributed by atoms with Crippen LogP contribution in [0, 0.1) is 0 Å². The molecule has 1 aliphatic rings. The minimum absolute atomic E-state index is 0.418. The van der Waals surface area contributed by atoms with Crippen molar-refractivity contribution < 1.29 is 0 Å². The third-order valence-electron chi connectivity index (χ3n) is 3.04. The zero-order valence-corrected chi connectivity index (χ0v) is 12.8. The van der Waals surface area contributed by atoms with Crippen molar-refractivity contribution in [3.8, 4) is 0 Å². The molecule has 2 rings (SSSR count). The van der Waals surface area contributed by atoms with Crippen LogP contribution in [0.25, 0.3) is 0 Å². The van der Waals surface area contributed by atoms with Gasteiger partial charge in [-0.15, -0.1) is 0 Å². The predicted octanol–water partition coefficient (Wildman–Crippen LogP) is 2.24. The smallest absolute Gasteiger partial charge is 0.157 e. The van der Waals surface area contributed by atoms with E-state index in [0.29, 0.717) is 12.1 Å². The summed E-state index contributed by atoms with van der Waals surface area (Å²) in [5, 5.41) is 4.60. The third kappa shape index (κ3) is 4.88. The van der Waals surface area contributed by atoms with Crippen molar-refractivity contribution in [2.24, 2.45) is 4.99 Å². The molecule has 0 saturated carbocycles. The van der Waals surface area contributed by atoms with Gasteiger partial charge in [-0.25, -0.2) is 0 Å². The number of hydrogen-bond acceptors (Lipinski definition) is 4. The molecule has 0 fully saturated rings. The van der Waals surface area contributed by atoms with Crippen molar-refractivity contribution in [2.75, 3.05) is 26.4 Å². The van der Waals surface area contributed by atoms with Crippen LogP contribution in [0.5, 0.6) is 0 Å². The van der Waals surface area contributed by atoms with Crippen LogP contribution in [0.15, 0.2) is 35.3 Å². The fraction of sp³-hybridized carbons (Fsp3) is 0.533. The highest BCUT2D eigenvalue weighted by Crippen LogP contribution is 2.20. The first kappa shape index (κ1) is 14.4. The van der Waals surface area contributed by atoms with Crippen LogP contribution in [0.2, 0.25) is 0 Å². The molecular weight excluding hydrogens is 254 g/mol. The van der Waals surface area contributed by atoms with Crippen molar-refractivity contribution in [3.05, 3.63) is 35.9 Å². The maximum atomic E-state index is 4.78. The van der Waals surface area contributed by atoms with Gasteiger partial charge < -0.3 is 10.2 Å². The minimum Gasteiger partial charge on any atom is -0.361 e. The van der Waals surface area contributed by atoms with Crippen molar-refractivity contribution in [1.29, 1.82) is 0 Å². The molecular formula is C15H23N3S. The Balaban J connectivity index is 1.83. The molecule has 1 heterocycles. The van der Waals surface area contributed by atoms with E-state index in [1.165, 1.54) is 5.56 Å². The molecule has 1 aromatic rings. The number of hydrogen-bond donors (Lipinski definition) is 1. The van der Waals surface area contributed by atoms with Crippen molar-refractivity contribution in [2.45, 2.75) is 25.4 Å². The second kappa shape index (κ2) is 6.96. The molecule has 0 saturated heterocycles. The molecule has 0 spiro atoms. The normalized spacial score (nSPS) is 20.4. The minimum atomic E-state index is 0.418. The second-order valence-electron chi connectivity index (χ2n) is 5.40. The number of benzene rings is 1. The van der Waals surface area contributed by atoms with E-state index in [2.05, 4.69) is 61.6 Å². The van der Waals surface area contributed by atoms with Crippen molar-refractivity contribution in [3.63, 3.8) is 0 Å². The van der Waals surface area contributed by atoms with Crippen LogP contribution >= 0.6 is 11.8 Å². The molecule has 0 aliphatic carbocycles. The van der Waals surface area contributed by atoms with Crippen LogP contribution in [0.3, 0.4) is 0 Å². The molecule has 0 aromatic heterocycles. The Bertz CT molecular complexity index is 417. The Kier molecular flexibility index (Phi) is 5.28. The SMILES string of the molecule is CC(CN(C)C)NC1=NC(Cc2ccccc2)CS1. The third-order valence-corrected chi connectivity index (χ3v) is 4.08. The predicted molar refractivity (Wildman–Crippen MR) is 85.0 cm³/mol. The van der Waals surface area contributed by atoms with Gasteiger partial charge in [-0.1, -0.05) is 42.1 Å². The number of amidine groups is 1. The summed E-state index contributed by atoms with van der Waals surface area (Å²) >= 11 is 1.85. The summed E-state index contributed by atoms with van der Waals surface area (Å²) < 4.78 is 0. The summed E-state index contributed by atoms with van der Waals surface area (Å²) in [5.41, 5.74) is 1.37. The quantitative estimate of drug-likeness (QED) is 0.894. The average Bonchev–Trinajstić information content (AvgIpc) is 2.76. The van der Waals surface area contributed by atoms with E-state index in [1.807, 2.05) is 11.8 Å². The van der Waals surface area contributed by atoms with Gasteiger partial charge in [0.15, 0.2) is 5.17 Å². The summed E-state index contributed by atoms with van der Waals surface area (Å²) in [6.45, 7) is 3.23. The molecule has 1 N–H and O–H groups in total. The zero-order chi connectivity index (χ0) is 13.7. The van der Waals surface area contributed by atoms with E-state index < -0.39 is 0 Å². The summed E-state index contributed by atoms with van der Waals surface area (Å²) in [6.07, 6.45) is 1.04. The molecule has 19 heavy (non-hydrogen) atoms. The largest absolute Gasteiger partial charge is 0.361 e. The summed E-state index contributed by atoms with van der Waals surface area (Å²) in [6, 6.07) is 11.5. The molecule has 104 valence electrons. The number of nitrogens with zero attached hydrogens (tertiary/aromatic N) is 2. The summed E-state index contributed by atoms with van der Waals surface area (Å²) in [5.74, 6) is 1.09. The molecule has 1 aromatic carbocycles. The van der Waals surface area contributed by atoms with Gasteiger partial charge in [-0.3, -0.25) is 4.99 Å². The van der Waals surface area contributed by atoms with Gasteiger partial charge in [0.05, 0.1) is 6.04 Å². The molecule has 1 aliphatic heterocycles. The lowest BCUT2D eigenvalue weighted by Crippen LogP contribution is -2.37. The van der Waals surface area contributed by atoms with Crippen molar-refractivity contribution >= 4 is 16.9 Å². The molecule has 0 radical (unpaired) electrons. The van der Waals surface area contributed by atoms with Gasteiger partial charge in [-0.05, 0) is 33.0 Å². The first-order chi connectivity index (χ1) is 9.13. The highest BCUT2D eigenvalue weighted by Gasteiger charge is 2.19. The van der Waals surface area contributed by atoms with E-state index in [4.69, 9.17) is 4.99 Å². The maximum absolute atomic E-state index is 4.78. The van der Waals surface area contributed by atoms with E-state index in [0.717, 1.165) is 23.9 Å². The topological polar surface area (TPSA) is 27.6 Å². The summed E-state index contributed by atoms with van der Waals surface area (Å²) in [7, 11) is 4.19. The average molecular weight is 277 g/mol. The Morgan fingerprint density at radius 2 is 2.11 bits per heavy atom. The van der Waals surface area contributed by atoms with E-state index in [-0.39, 0.29) is 0 Å². The van der Waals surface area contributed by atoms with E-state index in [9.17, 15) is 0 Å². The fourth-order valence-electron chi connectivity index (χ4n) is 2.29. The van der Waals surface area contributed by atoms with Crippen LogP contribution < -0.4 is 5.32 Å². The lowest BCUT2D eigenvalue weighted by Gasteiger charge is -2.18. The standard InChI is InChI=1S/C15H23N3S/c1-12(10-18(2)3)16-15-17-14(11-19-15)9-13-7-5-4-6-8-13/h4-8,12,14H,9-11H2,1-3H3,(H,16,17).